The molecule has 2 heterocycles. The van der Waals surface area contributed by atoms with Crippen molar-refractivity contribution in [1.82, 2.24) is 15.2 Å². The lowest BCUT2D eigenvalue weighted by atomic mass is 10.0. The van der Waals surface area contributed by atoms with Crippen LogP contribution in [-0.4, -0.2) is 29.4 Å². The number of pyridine rings is 1. The van der Waals surface area contributed by atoms with E-state index in [1.54, 1.807) is 26.6 Å². The first-order valence-corrected chi connectivity index (χ1v) is 7.06. The summed E-state index contributed by atoms with van der Waals surface area (Å²) in [5.41, 5.74) is 1.93. The maximum absolute atomic E-state index is 6.18. The summed E-state index contributed by atoms with van der Waals surface area (Å²) in [6.07, 6.45) is 4.15. The lowest BCUT2D eigenvalue weighted by Gasteiger charge is -2.12. The third kappa shape index (κ3) is 2.67. The van der Waals surface area contributed by atoms with Gasteiger partial charge in [0.15, 0.2) is 16.7 Å². The Kier molecular flexibility index (Phi) is 4.06. The molecule has 0 N–H and O–H groups in total. The number of benzene rings is 1. The fourth-order valence-corrected chi connectivity index (χ4v) is 2.52. The van der Waals surface area contributed by atoms with Gasteiger partial charge in [-0.25, -0.2) is 0 Å². The zero-order valence-corrected chi connectivity index (χ0v) is 13.0. The van der Waals surface area contributed by atoms with E-state index in [1.807, 2.05) is 24.3 Å². The van der Waals surface area contributed by atoms with Crippen LogP contribution in [0.15, 0.2) is 36.7 Å². The van der Waals surface area contributed by atoms with Gasteiger partial charge in [0.1, 0.15) is 0 Å². The molecule has 3 aromatic rings. The molecule has 0 aliphatic carbocycles. The molecule has 6 heteroatoms. The normalized spacial score (nSPS) is 10.7. The Morgan fingerprint density at radius 1 is 0.955 bits per heavy atom. The Labute approximate surface area is 132 Å². The number of ether oxygens (including phenoxy) is 2. The van der Waals surface area contributed by atoms with E-state index in [0.717, 1.165) is 22.0 Å². The van der Waals surface area contributed by atoms with Gasteiger partial charge in [0.05, 0.1) is 19.9 Å². The third-order valence-corrected chi connectivity index (χ3v) is 3.72. The molecule has 1 aromatic carbocycles. The second-order valence-electron chi connectivity index (χ2n) is 4.72. The molecule has 0 aliphatic heterocycles. The molecule has 0 radical (unpaired) electrons. The lowest BCUT2D eigenvalue weighted by molar-refractivity contribution is 0.356. The van der Waals surface area contributed by atoms with E-state index in [-0.39, 0.29) is 0 Å². The van der Waals surface area contributed by atoms with Gasteiger partial charge in [-0.1, -0.05) is 11.6 Å². The Bertz CT molecular complexity index is 809. The minimum atomic E-state index is 0.342. The molecule has 3 rings (SSSR count). The largest absolute Gasteiger partial charge is 0.493 e. The van der Waals surface area contributed by atoms with Crippen LogP contribution in [0.2, 0.25) is 5.15 Å². The number of halogens is 1. The maximum atomic E-state index is 6.18. The van der Waals surface area contributed by atoms with Gasteiger partial charge in [-0.05, 0) is 29.8 Å². The molecule has 0 fully saturated rings. The predicted molar refractivity (Wildman–Crippen MR) is 84.7 cm³/mol. The third-order valence-electron chi connectivity index (χ3n) is 3.44. The molecule has 2 aromatic heterocycles. The summed E-state index contributed by atoms with van der Waals surface area (Å²) in [5, 5.41) is 10.3. The fraction of sp³-hybridized carbons (Fsp3) is 0.188. The SMILES string of the molecule is COc1cc2c(Cl)nnc(Cc3ccncc3)c2cc1OC. The molecule has 0 aliphatic rings. The molecule has 0 amide bonds. The van der Waals surface area contributed by atoms with Gasteiger partial charge >= 0.3 is 0 Å². The van der Waals surface area contributed by atoms with Gasteiger partial charge in [-0.3, -0.25) is 4.98 Å². The number of hydrogen-bond donors (Lipinski definition) is 0. The first kappa shape index (κ1) is 14.5. The highest BCUT2D eigenvalue weighted by Crippen LogP contribution is 2.35. The zero-order chi connectivity index (χ0) is 15.5. The number of nitrogens with zero attached hydrogens (tertiary/aromatic N) is 3. The highest BCUT2D eigenvalue weighted by Gasteiger charge is 2.14. The van der Waals surface area contributed by atoms with Gasteiger partial charge < -0.3 is 9.47 Å². The molecule has 5 nitrogen and oxygen atoms in total. The molecule has 22 heavy (non-hydrogen) atoms. The number of aromatic nitrogens is 3. The topological polar surface area (TPSA) is 57.1 Å². The van der Waals surface area contributed by atoms with Gasteiger partial charge in [0.2, 0.25) is 0 Å². The second-order valence-corrected chi connectivity index (χ2v) is 5.08. The number of methoxy groups -OCH3 is 2. The number of hydrogen-bond acceptors (Lipinski definition) is 5. The molecular weight excluding hydrogens is 302 g/mol. The smallest absolute Gasteiger partial charge is 0.161 e. The molecule has 112 valence electrons. The minimum Gasteiger partial charge on any atom is -0.493 e. The van der Waals surface area contributed by atoms with Crippen molar-refractivity contribution in [3.05, 3.63) is 53.1 Å². The molecule has 0 saturated carbocycles. The van der Waals surface area contributed by atoms with Crippen LogP contribution < -0.4 is 9.47 Å². The van der Waals surface area contributed by atoms with Crippen LogP contribution in [0.25, 0.3) is 10.8 Å². The van der Waals surface area contributed by atoms with Crippen LogP contribution in [-0.2, 0) is 6.42 Å². The van der Waals surface area contributed by atoms with Crippen LogP contribution in [0, 0.1) is 0 Å². The van der Waals surface area contributed by atoms with E-state index in [4.69, 9.17) is 21.1 Å². The zero-order valence-electron chi connectivity index (χ0n) is 12.2. The summed E-state index contributed by atoms with van der Waals surface area (Å²) in [6, 6.07) is 7.60. The van der Waals surface area contributed by atoms with Crippen molar-refractivity contribution in [2.24, 2.45) is 0 Å². The molecular formula is C16H14ClN3O2. The summed E-state index contributed by atoms with van der Waals surface area (Å²) in [5.74, 6) is 1.25. The lowest BCUT2D eigenvalue weighted by Crippen LogP contribution is -1.99. The highest BCUT2D eigenvalue weighted by molar-refractivity contribution is 6.34. The van der Waals surface area contributed by atoms with Gasteiger partial charge in [-0.2, -0.15) is 5.10 Å². The van der Waals surface area contributed by atoms with Crippen molar-refractivity contribution >= 4 is 22.4 Å². The van der Waals surface area contributed by atoms with Gasteiger partial charge in [0, 0.05) is 29.6 Å². The summed E-state index contributed by atoms with van der Waals surface area (Å²) >= 11 is 6.18. The van der Waals surface area contributed by atoms with E-state index in [0.29, 0.717) is 23.1 Å². The first-order chi connectivity index (χ1) is 10.7. The Morgan fingerprint density at radius 3 is 2.23 bits per heavy atom. The van der Waals surface area contributed by atoms with Crippen LogP contribution in [0.5, 0.6) is 11.5 Å². The van der Waals surface area contributed by atoms with Crippen LogP contribution in [0.3, 0.4) is 0 Å². The predicted octanol–water partition coefficient (Wildman–Crippen LogP) is 3.29. The van der Waals surface area contributed by atoms with E-state index in [1.165, 1.54) is 0 Å². The number of rotatable bonds is 4. The van der Waals surface area contributed by atoms with Gasteiger partial charge in [0.25, 0.3) is 0 Å². The molecule has 0 saturated heterocycles. The second kappa shape index (κ2) is 6.15. The average Bonchev–Trinajstić information content (AvgIpc) is 2.57. The van der Waals surface area contributed by atoms with Crippen LogP contribution in [0.4, 0.5) is 0 Å². The molecule has 0 atom stereocenters. The van der Waals surface area contributed by atoms with Crippen molar-refractivity contribution in [3.8, 4) is 11.5 Å². The fourth-order valence-electron chi connectivity index (χ4n) is 2.32. The molecule has 0 unspecified atom stereocenters. The quantitative estimate of drug-likeness (QED) is 0.739. The van der Waals surface area contributed by atoms with Crippen LogP contribution in [0.1, 0.15) is 11.3 Å². The van der Waals surface area contributed by atoms with Gasteiger partial charge in [-0.15, -0.1) is 5.10 Å². The van der Waals surface area contributed by atoms with E-state index in [9.17, 15) is 0 Å². The van der Waals surface area contributed by atoms with E-state index in [2.05, 4.69) is 15.2 Å². The molecule has 0 bridgehead atoms. The standard InChI is InChI=1S/C16H14ClN3O2/c1-21-14-8-11-12(9-15(14)22-2)16(17)20-19-13(11)7-10-3-5-18-6-4-10/h3-6,8-9H,7H2,1-2H3. The summed E-state index contributed by atoms with van der Waals surface area (Å²) in [7, 11) is 3.19. The Hall–Kier alpha value is -2.40. The van der Waals surface area contributed by atoms with E-state index >= 15 is 0 Å². The average molecular weight is 316 g/mol. The first-order valence-electron chi connectivity index (χ1n) is 6.68. The monoisotopic (exact) mass is 315 g/mol. The number of fused-ring (bicyclic) bond motifs is 1. The Morgan fingerprint density at radius 2 is 1.59 bits per heavy atom. The van der Waals surface area contributed by atoms with Crippen molar-refractivity contribution < 1.29 is 9.47 Å². The summed E-state index contributed by atoms with van der Waals surface area (Å²) < 4.78 is 10.7. The van der Waals surface area contributed by atoms with Crippen molar-refractivity contribution in [2.75, 3.05) is 14.2 Å². The molecule has 0 spiro atoms. The maximum Gasteiger partial charge on any atom is 0.161 e. The summed E-state index contributed by atoms with van der Waals surface area (Å²) in [4.78, 5) is 4.02. The van der Waals surface area contributed by atoms with E-state index < -0.39 is 0 Å². The summed E-state index contributed by atoms with van der Waals surface area (Å²) in [6.45, 7) is 0. The highest BCUT2D eigenvalue weighted by atomic mass is 35.5. The van der Waals surface area contributed by atoms with Crippen molar-refractivity contribution in [3.63, 3.8) is 0 Å². The Balaban J connectivity index is 2.16. The minimum absolute atomic E-state index is 0.342. The van der Waals surface area contributed by atoms with Crippen molar-refractivity contribution in [2.45, 2.75) is 6.42 Å². The van der Waals surface area contributed by atoms with Crippen molar-refractivity contribution in [1.29, 1.82) is 0 Å². The van der Waals surface area contributed by atoms with Crippen LogP contribution >= 0.6 is 11.6 Å².